The zero-order chi connectivity index (χ0) is 8.43. The molecule has 1 aromatic carbocycles. The summed E-state index contributed by atoms with van der Waals surface area (Å²) < 4.78 is 37.0. The lowest BCUT2D eigenvalue weighted by Gasteiger charge is -1.96. The normalized spacial score (nSPS) is 9.73. The Morgan fingerprint density at radius 2 is 1.55 bits per heavy atom. The maximum atomic E-state index is 12.5. The zero-order valence-corrected chi connectivity index (χ0v) is 5.37. The number of halogens is 3. The van der Waals surface area contributed by atoms with Gasteiger partial charge in [-0.05, 0) is 6.07 Å². The van der Waals surface area contributed by atoms with Crippen molar-refractivity contribution in [2.45, 2.75) is 0 Å². The molecule has 0 fully saturated rings. The molecule has 0 radical (unpaired) electrons. The molecule has 1 nitrogen and oxygen atoms in total. The molecule has 0 atom stereocenters. The average Bonchev–Trinajstić information content (AvgIpc) is 1.97. The van der Waals surface area contributed by atoms with Gasteiger partial charge in [-0.2, -0.15) is 0 Å². The van der Waals surface area contributed by atoms with Crippen molar-refractivity contribution in [1.29, 1.82) is 5.41 Å². The summed E-state index contributed by atoms with van der Waals surface area (Å²) in [6, 6.07) is 1.05. The van der Waals surface area contributed by atoms with Gasteiger partial charge in [-0.1, -0.05) is 0 Å². The molecule has 0 aliphatic carbocycles. The van der Waals surface area contributed by atoms with Gasteiger partial charge in [0.15, 0.2) is 11.6 Å². The molecule has 1 rings (SSSR count). The van der Waals surface area contributed by atoms with Crippen LogP contribution in [0.2, 0.25) is 0 Å². The van der Waals surface area contributed by atoms with Gasteiger partial charge in [0.05, 0.1) is 0 Å². The third-order valence-electron chi connectivity index (χ3n) is 1.20. The summed E-state index contributed by atoms with van der Waals surface area (Å²) in [7, 11) is 0. The van der Waals surface area contributed by atoms with E-state index in [1.165, 1.54) is 0 Å². The molecule has 0 amide bonds. The number of benzene rings is 1. The van der Waals surface area contributed by atoms with Crippen molar-refractivity contribution in [3.05, 3.63) is 35.1 Å². The molecule has 0 spiro atoms. The maximum Gasteiger partial charge on any atom is 0.161 e. The first kappa shape index (κ1) is 7.78. The summed E-state index contributed by atoms with van der Waals surface area (Å²) in [6.07, 6.45) is 0.623. The van der Waals surface area contributed by atoms with Gasteiger partial charge in [-0.25, -0.2) is 13.2 Å². The predicted molar refractivity (Wildman–Crippen MR) is 34.2 cm³/mol. The molecule has 0 aliphatic heterocycles. The Bertz CT molecular complexity index is 296. The lowest BCUT2D eigenvalue weighted by atomic mass is 10.2. The first-order valence-corrected chi connectivity index (χ1v) is 2.80. The van der Waals surface area contributed by atoms with Gasteiger partial charge < -0.3 is 5.41 Å². The molecular weight excluding hydrogens is 155 g/mol. The molecule has 1 aromatic rings. The van der Waals surface area contributed by atoms with Crippen LogP contribution in [0.5, 0.6) is 0 Å². The molecule has 0 aliphatic rings. The predicted octanol–water partition coefficient (Wildman–Crippen LogP) is 2.10. The van der Waals surface area contributed by atoms with Crippen LogP contribution in [0, 0.1) is 22.9 Å². The van der Waals surface area contributed by atoms with Crippen LogP contribution in [0.25, 0.3) is 0 Å². The molecule has 11 heavy (non-hydrogen) atoms. The van der Waals surface area contributed by atoms with Crippen LogP contribution in [0.3, 0.4) is 0 Å². The standard InChI is InChI=1S/C7H4F3N/c8-5-2-7(10)6(9)1-4(5)3-11/h1-3,11H. The Morgan fingerprint density at radius 1 is 1.00 bits per heavy atom. The summed E-state index contributed by atoms with van der Waals surface area (Å²) in [5, 5.41) is 6.60. The van der Waals surface area contributed by atoms with Crippen LogP contribution in [0.4, 0.5) is 13.2 Å². The van der Waals surface area contributed by atoms with Crippen LogP contribution < -0.4 is 0 Å². The van der Waals surface area contributed by atoms with Crippen molar-refractivity contribution in [2.75, 3.05) is 0 Å². The Morgan fingerprint density at radius 3 is 2.09 bits per heavy atom. The van der Waals surface area contributed by atoms with Crippen LogP contribution in [-0.2, 0) is 0 Å². The largest absolute Gasteiger partial charge is 0.308 e. The van der Waals surface area contributed by atoms with Gasteiger partial charge in [0.1, 0.15) is 5.82 Å². The highest BCUT2D eigenvalue weighted by Gasteiger charge is 2.06. The third kappa shape index (κ3) is 1.39. The van der Waals surface area contributed by atoms with E-state index in [4.69, 9.17) is 5.41 Å². The van der Waals surface area contributed by atoms with Crippen LogP contribution in [-0.4, -0.2) is 6.21 Å². The van der Waals surface area contributed by atoms with Crippen LogP contribution in [0.15, 0.2) is 12.1 Å². The summed E-state index contributed by atoms with van der Waals surface area (Å²) in [5.41, 5.74) is -0.260. The molecular formula is C7H4F3N. The van der Waals surface area contributed by atoms with E-state index in [0.717, 1.165) is 0 Å². The van der Waals surface area contributed by atoms with Crippen molar-refractivity contribution in [2.24, 2.45) is 0 Å². The number of hydrogen-bond acceptors (Lipinski definition) is 1. The molecule has 0 unspecified atom stereocenters. The second-order valence-electron chi connectivity index (χ2n) is 1.93. The monoisotopic (exact) mass is 159 g/mol. The first-order valence-electron chi connectivity index (χ1n) is 2.80. The Kier molecular flexibility index (Phi) is 1.94. The second kappa shape index (κ2) is 2.74. The van der Waals surface area contributed by atoms with E-state index in [2.05, 4.69) is 0 Å². The first-order chi connectivity index (χ1) is 5.15. The van der Waals surface area contributed by atoms with E-state index in [0.29, 0.717) is 18.3 Å². The highest BCUT2D eigenvalue weighted by molar-refractivity contribution is 5.77. The molecule has 0 bridgehead atoms. The Labute approximate surface area is 61.0 Å². The minimum absolute atomic E-state index is 0.260. The molecule has 4 heteroatoms. The smallest absolute Gasteiger partial charge is 0.161 e. The quantitative estimate of drug-likeness (QED) is 0.479. The van der Waals surface area contributed by atoms with Crippen molar-refractivity contribution in [1.82, 2.24) is 0 Å². The van der Waals surface area contributed by atoms with Gasteiger partial charge in [0.2, 0.25) is 0 Å². The minimum Gasteiger partial charge on any atom is -0.308 e. The summed E-state index contributed by atoms with van der Waals surface area (Å²) in [4.78, 5) is 0. The van der Waals surface area contributed by atoms with Crippen molar-refractivity contribution in [3.8, 4) is 0 Å². The average molecular weight is 159 g/mol. The Hall–Kier alpha value is -1.32. The zero-order valence-electron chi connectivity index (χ0n) is 5.37. The minimum atomic E-state index is -1.24. The number of nitrogens with one attached hydrogen (secondary N) is 1. The van der Waals surface area contributed by atoms with E-state index >= 15 is 0 Å². The van der Waals surface area contributed by atoms with E-state index in [1.54, 1.807) is 0 Å². The van der Waals surface area contributed by atoms with Gasteiger partial charge in [-0.3, -0.25) is 0 Å². The second-order valence-corrected chi connectivity index (χ2v) is 1.93. The molecule has 0 saturated heterocycles. The van der Waals surface area contributed by atoms with Crippen LogP contribution in [0.1, 0.15) is 5.56 Å². The fraction of sp³-hybridized carbons (Fsp3) is 0. The highest BCUT2D eigenvalue weighted by atomic mass is 19.2. The SMILES string of the molecule is N=Cc1cc(F)c(F)cc1F. The molecule has 58 valence electrons. The van der Waals surface area contributed by atoms with E-state index < -0.39 is 17.5 Å². The number of hydrogen-bond donors (Lipinski definition) is 1. The third-order valence-corrected chi connectivity index (χ3v) is 1.20. The fourth-order valence-electron chi connectivity index (χ4n) is 0.649. The Balaban J connectivity index is 3.31. The fourth-order valence-corrected chi connectivity index (χ4v) is 0.649. The van der Waals surface area contributed by atoms with E-state index in [9.17, 15) is 13.2 Å². The van der Waals surface area contributed by atoms with Crippen molar-refractivity contribution in [3.63, 3.8) is 0 Å². The maximum absolute atomic E-state index is 12.5. The van der Waals surface area contributed by atoms with Gasteiger partial charge in [-0.15, -0.1) is 0 Å². The van der Waals surface area contributed by atoms with Crippen molar-refractivity contribution >= 4 is 6.21 Å². The lowest BCUT2D eigenvalue weighted by Crippen LogP contribution is -1.92. The van der Waals surface area contributed by atoms with E-state index in [-0.39, 0.29) is 5.56 Å². The molecule has 0 aromatic heterocycles. The van der Waals surface area contributed by atoms with Crippen LogP contribution >= 0.6 is 0 Å². The summed E-state index contributed by atoms with van der Waals surface area (Å²) >= 11 is 0. The number of rotatable bonds is 1. The van der Waals surface area contributed by atoms with Gasteiger partial charge in [0.25, 0.3) is 0 Å². The van der Waals surface area contributed by atoms with E-state index in [1.807, 2.05) is 0 Å². The summed E-state index contributed by atoms with van der Waals surface area (Å²) in [6.45, 7) is 0. The molecule has 1 N–H and O–H groups in total. The van der Waals surface area contributed by atoms with Crippen molar-refractivity contribution < 1.29 is 13.2 Å². The van der Waals surface area contributed by atoms with Gasteiger partial charge >= 0.3 is 0 Å². The molecule has 0 heterocycles. The lowest BCUT2D eigenvalue weighted by molar-refractivity contribution is 0.494. The summed E-state index contributed by atoms with van der Waals surface area (Å²) in [5.74, 6) is -3.32. The highest BCUT2D eigenvalue weighted by Crippen LogP contribution is 2.11. The van der Waals surface area contributed by atoms with Gasteiger partial charge in [0, 0.05) is 17.8 Å². The topological polar surface area (TPSA) is 23.9 Å². The molecule has 0 saturated carbocycles.